The summed E-state index contributed by atoms with van der Waals surface area (Å²) in [5, 5.41) is 2.24. The molecule has 0 unspecified atom stereocenters. The Morgan fingerprint density at radius 1 is 0.657 bits per heavy atom. The molecule has 0 radical (unpaired) electrons. The third kappa shape index (κ3) is 3.96. The molecule has 8 rings (SSSR count). The molecule has 3 heteroatoms. The first-order valence-corrected chi connectivity index (χ1v) is 14.2. The number of thioether (sulfide) groups is 1. The summed E-state index contributed by atoms with van der Waals surface area (Å²) < 4.78 is 0.498. The van der Waals surface area contributed by atoms with E-state index in [9.17, 15) is 9.59 Å². The second-order valence-electron chi connectivity index (χ2n) is 11.8. The summed E-state index contributed by atoms with van der Waals surface area (Å²) in [5.74, 6) is 2.54. The Bertz CT molecular complexity index is 1270. The lowest BCUT2D eigenvalue weighted by Gasteiger charge is -2.56. The summed E-state index contributed by atoms with van der Waals surface area (Å²) in [6, 6.07) is 21.8. The summed E-state index contributed by atoms with van der Waals surface area (Å²) in [5.41, 5.74) is 3.30. The summed E-state index contributed by atoms with van der Waals surface area (Å²) >= 11 is 2.17. The Morgan fingerprint density at radius 2 is 1.23 bits per heavy atom. The van der Waals surface area contributed by atoms with Crippen molar-refractivity contribution in [3.63, 3.8) is 0 Å². The number of benzene rings is 3. The van der Waals surface area contributed by atoms with Crippen molar-refractivity contribution >= 4 is 34.1 Å². The van der Waals surface area contributed by atoms with Gasteiger partial charge in [0.2, 0.25) is 0 Å². The third-order valence-electron chi connectivity index (χ3n) is 9.19. The second-order valence-corrected chi connectivity index (χ2v) is 13.3. The molecule has 0 aliphatic heterocycles. The number of fused-ring (bicyclic) bond motifs is 1. The van der Waals surface area contributed by atoms with Crippen molar-refractivity contribution in [2.24, 2.45) is 17.8 Å². The normalized spacial score (nSPS) is 30.3. The van der Waals surface area contributed by atoms with E-state index in [2.05, 4.69) is 60.3 Å². The van der Waals surface area contributed by atoms with E-state index in [1.165, 1.54) is 54.5 Å². The molecule has 4 bridgehead atoms. The van der Waals surface area contributed by atoms with Crippen LogP contribution < -0.4 is 0 Å². The molecular formula is C32H32O2S. The maximum atomic E-state index is 12.4. The lowest BCUT2D eigenvalue weighted by atomic mass is 9.56. The molecule has 2 nitrogen and oxygen atoms in total. The van der Waals surface area contributed by atoms with Crippen LogP contribution in [0.25, 0.3) is 21.9 Å². The van der Waals surface area contributed by atoms with E-state index in [0.717, 1.165) is 34.1 Å². The molecule has 5 saturated carbocycles. The molecule has 5 aliphatic carbocycles. The van der Waals surface area contributed by atoms with Gasteiger partial charge in [0, 0.05) is 22.5 Å². The molecule has 5 fully saturated rings. The fourth-order valence-corrected chi connectivity index (χ4v) is 9.75. The molecule has 0 saturated heterocycles. The van der Waals surface area contributed by atoms with Crippen LogP contribution in [-0.4, -0.2) is 16.3 Å². The van der Waals surface area contributed by atoms with Gasteiger partial charge in [-0.25, -0.2) is 0 Å². The van der Waals surface area contributed by atoms with Gasteiger partial charge in [-0.2, -0.15) is 0 Å². The fourth-order valence-electron chi connectivity index (χ4n) is 8.02. The second kappa shape index (κ2) is 8.34. The zero-order valence-corrected chi connectivity index (χ0v) is 21.0. The monoisotopic (exact) mass is 480 g/mol. The predicted octanol–water partition coefficient (Wildman–Crippen LogP) is 7.97. The van der Waals surface area contributed by atoms with E-state index in [1.54, 1.807) is 0 Å². The highest BCUT2D eigenvalue weighted by Crippen LogP contribution is 2.61. The van der Waals surface area contributed by atoms with Gasteiger partial charge in [-0.3, -0.25) is 9.59 Å². The van der Waals surface area contributed by atoms with Crippen molar-refractivity contribution in [3.8, 4) is 11.1 Å². The van der Waals surface area contributed by atoms with Crippen LogP contribution in [0.2, 0.25) is 0 Å². The number of hydrogen-bond donors (Lipinski definition) is 0. The van der Waals surface area contributed by atoms with Gasteiger partial charge < -0.3 is 0 Å². The van der Waals surface area contributed by atoms with E-state index < -0.39 is 5.92 Å². The molecule has 3 aromatic rings. The maximum absolute atomic E-state index is 12.4. The van der Waals surface area contributed by atoms with Crippen LogP contribution in [0.4, 0.5) is 0 Å². The van der Waals surface area contributed by atoms with Gasteiger partial charge in [-0.15, -0.1) is 11.8 Å². The van der Waals surface area contributed by atoms with Crippen molar-refractivity contribution in [3.05, 3.63) is 66.2 Å². The van der Waals surface area contributed by atoms with Crippen LogP contribution >= 0.6 is 11.8 Å². The highest BCUT2D eigenvalue weighted by molar-refractivity contribution is 8.00. The number of carbonyl (C=O) groups excluding carboxylic acids is 2. The Hall–Kier alpha value is -2.39. The predicted molar refractivity (Wildman–Crippen MR) is 143 cm³/mol. The number of rotatable bonds is 4. The highest BCUT2D eigenvalue weighted by atomic mass is 32.2. The molecule has 0 amide bonds. The Morgan fingerprint density at radius 3 is 1.89 bits per heavy atom. The van der Waals surface area contributed by atoms with Gasteiger partial charge in [0.1, 0.15) is 17.5 Å². The van der Waals surface area contributed by atoms with Gasteiger partial charge in [0.25, 0.3) is 0 Å². The number of Topliss-reactive ketones (excluding diaryl/α,β-unsaturated/α-hetero) is 2. The molecule has 178 valence electrons. The van der Waals surface area contributed by atoms with Crippen LogP contribution in [-0.2, 0) is 9.59 Å². The third-order valence-corrected chi connectivity index (χ3v) is 10.6. The standard InChI is InChI=1S/C32H32O2S/c33-29-2-1-3-30(34)31(29)27-7-6-25-15-24(4-5-26(25)16-27)23-8-10-28(11-9-23)35-32-17-20-12-21(18-32)14-22(13-20)19-32/h4-11,15-16,20-22,31H,1-3,12-14,17-19H2. The molecule has 0 N–H and O–H groups in total. The van der Waals surface area contributed by atoms with Crippen LogP contribution in [0, 0.1) is 17.8 Å². The van der Waals surface area contributed by atoms with E-state index in [0.29, 0.717) is 24.0 Å². The van der Waals surface area contributed by atoms with E-state index >= 15 is 0 Å². The van der Waals surface area contributed by atoms with Crippen molar-refractivity contribution in [1.82, 2.24) is 0 Å². The first-order valence-electron chi connectivity index (χ1n) is 13.4. The number of ketones is 2. The summed E-state index contributed by atoms with van der Waals surface area (Å²) in [6.45, 7) is 0. The first-order chi connectivity index (χ1) is 17.0. The first kappa shape index (κ1) is 21.9. The van der Waals surface area contributed by atoms with Crippen molar-refractivity contribution in [2.75, 3.05) is 0 Å². The van der Waals surface area contributed by atoms with Gasteiger partial charge in [0.05, 0.1) is 0 Å². The zero-order valence-electron chi connectivity index (χ0n) is 20.2. The lowest BCUT2D eigenvalue weighted by molar-refractivity contribution is -0.131. The average molecular weight is 481 g/mol. The van der Waals surface area contributed by atoms with Crippen molar-refractivity contribution < 1.29 is 9.59 Å². The average Bonchev–Trinajstić information content (AvgIpc) is 2.83. The highest BCUT2D eigenvalue weighted by Gasteiger charge is 2.51. The van der Waals surface area contributed by atoms with Crippen LogP contribution in [0.5, 0.6) is 0 Å². The molecule has 3 aromatic carbocycles. The van der Waals surface area contributed by atoms with Crippen molar-refractivity contribution in [1.29, 1.82) is 0 Å². The topological polar surface area (TPSA) is 34.1 Å². The largest absolute Gasteiger partial charge is 0.299 e. The maximum Gasteiger partial charge on any atom is 0.147 e. The van der Waals surface area contributed by atoms with Crippen LogP contribution in [0.3, 0.4) is 0 Å². The molecule has 5 aliphatic rings. The molecule has 0 heterocycles. The minimum Gasteiger partial charge on any atom is -0.299 e. The smallest absolute Gasteiger partial charge is 0.147 e. The van der Waals surface area contributed by atoms with E-state index in [1.807, 2.05) is 12.1 Å². The fraction of sp³-hybridized carbons (Fsp3) is 0.438. The minimum atomic E-state index is -0.563. The van der Waals surface area contributed by atoms with Gasteiger partial charge in [0.15, 0.2) is 0 Å². The minimum absolute atomic E-state index is 0.0729. The molecular weight excluding hydrogens is 448 g/mol. The summed E-state index contributed by atoms with van der Waals surface area (Å²) in [7, 11) is 0. The van der Waals surface area contributed by atoms with Crippen LogP contribution in [0.1, 0.15) is 69.3 Å². The Kier molecular flexibility index (Phi) is 5.21. The van der Waals surface area contributed by atoms with E-state index in [-0.39, 0.29) is 11.6 Å². The SMILES string of the molecule is O=C1CCCC(=O)C1c1ccc2cc(-c3ccc(SC45CC6CC(CC(C6)C4)C5)cc3)ccc2c1. The van der Waals surface area contributed by atoms with E-state index in [4.69, 9.17) is 0 Å². The molecule has 0 spiro atoms. The summed E-state index contributed by atoms with van der Waals surface area (Å²) in [4.78, 5) is 26.2. The molecule has 35 heavy (non-hydrogen) atoms. The lowest BCUT2D eigenvalue weighted by Crippen LogP contribution is -2.48. The van der Waals surface area contributed by atoms with Crippen LogP contribution in [0.15, 0.2) is 65.6 Å². The number of hydrogen-bond acceptors (Lipinski definition) is 3. The summed E-state index contributed by atoms with van der Waals surface area (Å²) in [6.07, 6.45) is 10.5. The molecule has 0 atom stereocenters. The number of carbonyl (C=O) groups is 2. The Labute approximate surface area is 211 Å². The van der Waals surface area contributed by atoms with Gasteiger partial charge in [-0.1, -0.05) is 36.4 Å². The molecule has 0 aromatic heterocycles. The van der Waals surface area contributed by atoms with Crippen molar-refractivity contribution in [2.45, 2.75) is 73.3 Å². The van der Waals surface area contributed by atoms with Gasteiger partial charge >= 0.3 is 0 Å². The quantitative estimate of drug-likeness (QED) is 0.355. The Balaban J connectivity index is 1.11. The zero-order chi connectivity index (χ0) is 23.6. The van der Waals surface area contributed by atoms with Gasteiger partial charge in [-0.05, 0) is 114 Å².